The Hall–Kier alpha value is -1.67. The number of nitrogens with zero attached hydrogens (tertiary/aromatic N) is 1. The molecule has 0 saturated heterocycles. The Morgan fingerprint density at radius 2 is 2.13 bits per heavy atom. The van der Waals surface area contributed by atoms with Gasteiger partial charge in [-0.25, -0.2) is 0 Å². The first kappa shape index (κ1) is 13.3. The molecule has 0 radical (unpaired) electrons. The fraction of sp³-hybridized carbons (Fsp3) is 0.200. The molecule has 0 aliphatic heterocycles. The number of nitriles is 1. The minimum absolute atomic E-state index is 0.324. The molecule has 0 aromatic carbocycles. The van der Waals surface area contributed by atoms with E-state index in [9.17, 15) is 4.79 Å². The van der Waals surface area contributed by atoms with E-state index in [0.29, 0.717) is 10.6 Å². The minimum Gasteiger partial charge on any atom is -0.511 e. The molecule has 0 aromatic heterocycles. The van der Waals surface area contributed by atoms with E-state index < -0.39 is 5.91 Å². The molecule has 80 valence electrons. The number of hydrogen-bond donors (Lipinski definition) is 3. The average molecular weight is 224 g/mol. The van der Waals surface area contributed by atoms with Crippen LogP contribution in [0.2, 0.25) is 0 Å². The van der Waals surface area contributed by atoms with Gasteiger partial charge in [-0.3, -0.25) is 4.79 Å². The van der Waals surface area contributed by atoms with E-state index in [1.165, 1.54) is 13.0 Å². The largest absolute Gasteiger partial charge is 0.511 e. The van der Waals surface area contributed by atoms with Gasteiger partial charge in [0, 0.05) is 10.6 Å². The van der Waals surface area contributed by atoms with E-state index in [1.54, 1.807) is 13.0 Å². The van der Waals surface area contributed by atoms with Crippen LogP contribution in [0.4, 0.5) is 0 Å². The van der Waals surface area contributed by atoms with Crippen LogP contribution in [0.15, 0.2) is 34.6 Å². The van der Waals surface area contributed by atoms with Gasteiger partial charge in [-0.15, -0.1) is 12.6 Å². The van der Waals surface area contributed by atoms with Crippen molar-refractivity contribution in [3.05, 3.63) is 34.6 Å². The molecular weight excluding hydrogens is 212 g/mol. The van der Waals surface area contributed by atoms with Crippen molar-refractivity contribution in [1.29, 1.82) is 5.26 Å². The van der Waals surface area contributed by atoms with Gasteiger partial charge >= 0.3 is 0 Å². The van der Waals surface area contributed by atoms with Crippen LogP contribution < -0.4 is 5.32 Å². The fourth-order valence-corrected chi connectivity index (χ4v) is 0.917. The molecule has 0 rings (SSSR count). The van der Waals surface area contributed by atoms with Gasteiger partial charge in [-0.1, -0.05) is 6.58 Å². The number of hydrogen-bond acceptors (Lipinski definition) is 4. The minimum atomic E-state index is -0.680. The smallest absolute Gasteiger partial charge is 0.269 e. The SMILES string of the molecule is C=C/C(NC(=O)/C(C#N)=C(\C)O)=C(/C)S. The first-order valence-electron chi connectivity index (χ1n) is 4.07. The zero-order chi connectivity index (χ0) is 12.0. The molecule has 0 saturated carbocycles. The summed E-state index contributed by atoms with van der Waals surface area (Å²) in [5.74, 6) is -1.00. The fourth-order valence-electron chi connectivity index (χ4n) is 0.770. The highest BCUT2D eigenvalue weighted by molar-refractivity contribution is 7.84. The van der Waals surface area contributed by atoms with E-state index in [-0.39, 0.29) is 11.3 Å². The van der Waals surface area contributed by atoms with Crippen molar-refractivity contribution in [2.24, 2.45) is 0 Å². The summed E-state index contributed by atoms with van der Waals surface area (Å²) in [6, 6.07) is 1.61. The summed E-state index contributed by atoms with van der Waals surface area (Å²) in [5.41, 5.74) is 0.0706. The Morgan fingerprint density at radius 3 is 2.40 bits per heavy atom. The third-order valence-electron chi connectivity index (χ3n) is 1.54. The number of carbonyl (C=O) groups is 1. The van der Waals surface area contributed by atoms with Gasteiger partial charge in [-0.05, 0) is 19.9 Å². The van der Waals surface area contributed by atoms with E-state index in [4.69, 9.17) is 10.4 Å². The van der Waals surface area contributed by atoms with Crippen LogP contribution in [0.5, 0.6) is 0 Å². The van der Waals surface area contributed by atoms with Crippen LogP contribution in [-0.2, 0) is 4.79 Å². The topological polar surface area (TPSA) is 73.1 Å². The average Bonchev–Trinajstić information content (AvgIpc) is 2.14. The zero-order valence-electron chi connectivity index (χ0n) is 8.53. The van der Waals surface area contributed by atoms with Gasteiger partial charge < -0.3 is 10.4 Å². The highest BCUT2D eigenvalue weighted by atomic mass is 32.1. The number of carbonyl (C=O) groups excluding carboxylic acids is 1. The Kier molecular flexibility index (Phi) is 5.27. The standard InChI is InChI=1S/C10H12N2O2S/c1-4-9(7(3)15)12-10(14)8(5-11)6(2)13/h4,13,15H,1H2,2-3H3,(H,12,14)/b8-6+,9-7+. The quantitative estimate of drug-likeness (QED) is 0.225. The Morgan fingerprint density at radius 1 is 1.60 bits per heavy atom. The first-order chi connectivity index (χ1) is 6.93. The lowest BCUT2D eigenvalue weighted by molar-refractivity contribution is -0.116. The van der Waals surface area contributed by atoms with E-state index >= 15 is 0 Å². The lowest BCUT2D eigenvalue weighted by Gasteiger charge is -2.06. The van der Waals surface area contributed by atoms with Crippen molar-refractivity contribution in [2.75, 3.05) is 0 Å². The summed E-state index contributed by atoms with van der Waals surface area (Å²) >= 11 is 4.03. The second-order valence-electron chi connectivity index (χ2n) is 2.73. The summed E-state index contributed by atoms with van der Waals surface area (Å²) in [5, 5.41) is 20.0. The Bertz CT molecular complexity index is 381. The molecule has 0 bridgehead atoms. The summed E-state index contributed by atoms with van der Waals surface area (Å²) in [6.45, 7) is 6.42. The molecule has 5 heteroatoms. The van der Waals surface area contributed by atoms with E-state index in [1.807, 2.05) is 0 Å². The molecule has 0 aliphatic rings. The lowest BCUT2D eigenvalue weighted by atomic mass is 10.2. The Balaban J connectivity index is 4.96. The van der Waals surface area contributed by atoms with Gasteiger partial charge in [0.15, 0.2) is 5.57 Å². The second-order valence-corrected chi connectivity index (χ2v) is 3.40. The summed E-state index contributed by atoms with van der Waals surface area (Å²) in [4.78, 5) is 12.0. The maximum Gasteiger partial charge on any atom is 0.269 e. The van der Waals surface area contributed by atoms with Crippen LogP contribution in [0.1, 0.15) is 13.8 Å². The van der Waals surface area contributed by atoms with Crippen molar-refractivity contribution in [3.63, 3.8) is 0 Å². The highest BCUT2D eigenvalue weighted by Crippen LogP contribution is 2.07. The number of allylic oxidation sites excluding steroid dienone is 3. The van der Waals surface area contributed by atoms with Crippen molar-refractivity contribution >= 4 is 18.5 Å². The molecule has 0 atom stereocenters. The number of amides is 1. The Labute approximate surface area is 94.0 Å². The van der Waals surface area contributed by atoms with Crippen molar-refractivity contribution in [3.8, 4) is 6.07 Å². The maximum atomic E-state index is 11.4. The monoisotopic (exact) mass is 224 g/mol. The van der Waals surface area contributed by atoms with Gasteiger partial charge in [0.05, 0.1) is 0 Å². The molecule has 0 aromatic rings. The maximum absolute atomic E-state index is 11.4. The molecule has 2 N–H and O–H groups in total. The lowest BCUT2D eigenvalue weighted by Crippen LogP contribution is -2.24. The predicted molar refractivity (Wildman–Crippen MR) is 61.0 cm³/mol. The summed E-state index contributed by atoms with van der Waals surface area (Å²) in [7, 11) is 0. The molecule has 15 heavy (non-hydrogen) atoms. The molecule has 0 fully saturated rings. The first-order valence-corrected chi connectivity index (χ1v) is 4.52. The third kappa shape index (κ3) is 3.92. The molecule has 1 amide bonds. The number of aliphatic hydroxyl groups is 1. The number of rotatable bonds is 3. The molecular formula is C10H12N2O2S. The molecule has 0 aliphatic carbocycles. The van der Waals surface area contributed by atoms with Crippen LogP contribution in [0, 0.1) is 11.3 Å². The zero-order valence-corrected chi connectivity index (χ0v) is 9.43. The van der Waals surface area contributed by atoms with E-state index in [2.05, 4.69) is 24.5 Å². The molecule has 0 unspecified atom stereocenters. The number of aliphatic hydroxyl groups excluding tert-OH is 1. The van der Waals surface area contributed by atoms with Crippen molar-refractivity contribution in [2.45, 2.75) is 13.8 Å². The second kappa shape index (κ2) is 5.94. The third-order valence-corrected chi connectivity index (χ3v) is 1.78. The van der Waals surface area contributed by atoms with Gasteiger partial charge in [0.25, 0.3) is 5.91 Å². The van der Waals surface area contributed by atoms with E-state index in [0.717, 1.165) is 0 Å². The van der Waals surface area contributed by atoms with Crippen molar-refractivity contribution in [1.82, 2.24) is 5.32 Å². The van der Waals surface area contributed by atoms with Crippen LogP contribution in [-0.4, -0.2) is 11.0 Å². The van der Waals surface area contributed by atoms with Gasteiger partial charge in [0.2, 0.25) is 0 Å². The number of thiol groups is 1. The van der Waals surface area contributed by atoms with Crippen LogP contribution in [0.3, 0.4) is 0 Å². The normalized spacial score (nSPS) is 13.2. The van der Waals surface area contributed by atoms with Crippen molar-refractivity contribution < 1.29 is 9.90 Å². The van der Waals surface area contributed by atoms with Crippen LogP contribution >= 0.6 is 12.6 Å². The molecule has 4 nitrogen and oxygen atoms in total. The summed E-state index contributed by atoms with van der Waals surface area (Å²) in [6.07, 6.45) is 1.40. The van der Waals surface area contributed by atoms with Crippen LogP contribution in [0.25, 0.3) is 0 Å². The van der Waals surface area contributed by atoms with Gasteiger partial charge in [-0.2, -0.15) is 5.26 Å². The molecule has 0 spiro atoms. The predicted octanol–water partition coefficient (Wildman–Crippen LogP) is 1.81. The molecule has 0 heterocycles. The summed E-state index contributed by atoms with van der Waals surface area (Å²) < 4.78 is 0. The van der Waals surface area contributed by atoms with Gasteiger partial charge in [0.1, 0.15) is 11.8 Å². The number of nitrogens with one attached hydrogen (secondary N) is 1. The highest BCUT2D eigenvalue weighted by Gasteiger charge is 2.13.